The van der Waals surface area contributed by atoms with E-state index in [9.17, 15) is 19.2 Å². The number of hydrogen-bond acceptors (Lipinski definition) is 4. The van der Waals surface area contributed by atoms with Gasteiger partial charge in [0.1, 0.15) is 0 Å². The van der Waals surface area contributed by atoms with Crippen LogP contribution in [0.4, 0.5) is 5.69 Å². The Morgan fingerprint density at radius 1 is 0.838 bits per heavy atom. The lowest BCUT2D eigenvalue weighted by Crippen LogP contribution is -2.21. The highest BCUT2D eigenvalue weighted by atomic mass is 16.4. The summed E-state index contributed by atoms with van der Waals surface area (Å²) >= 11 is 0. The van der Waals surface area contributed by atoms with Gasteiger partial charge in [-0.3, -0.25) is 19.2 Å². The van der Waals surface area contributed by atoms with Gasteiger partial charge in [0.25, 0.3) is 5.91 Å². The van der Waals surface area contributed by atoms with E-state index < -0.39 is 11.4 Å². The quantitative estimate of drug-likeness (QED) is 0.306. The van der Waals surface area contributed by atoms with Gasteiger partial charge in [-0.2, -0.15) is 0 Å². The monoisotopic (exact) mass is 499 g/mol. The predicted octanol–water partition coefficient (Wildman–Crippen LogP) is 6.74. The molecular formula is C31H33NO5. The number of hydrogen-bond donors (Lipinski definition) is 2. The molecule has 0 saturated carbocycles. The van der Waals surface area contributed by atoms with E-state index >= 15 is 0 Å². The topological polar surface area (TPSA) is 101 Å². The third-order valence-corrected chi connectivity index (χ3v) is 7.00. The molecule has 1 aliphatic rings. The maximum absolute atomic E-state index is 12.8. The molecule has 3 aromatic carbocycles. The second kappa shape index (κ2) is 11.3. The maximum atomic E-state index is 12.8. The number of amides is 1. The largest absolute Gasteiger partial charge is 0.481 e. The molecule has 0 spiro atoms. The number of carbonyl (C=O) groups is 4. The van der Waals surface area contributed by atoms with Crippen LogP contribution in [0.25, 0.3) is 0 Å². The van der Waals surface area contributed by atoms with Gasteiger partial charge in [-0.15, -0.1) is 0 Å². The number of carboxylic acid groups (broad SMARTS) is 1. The first-order chi connectivity index (χ1) is 17.5. The Balaban J connectivity index is 0.000000414. The van der Waals surface area contributed by atoms with Crippen LogP contribution in [-0.4, -0.2) is 28.5 Å². The third kappa shape index (κ3) is 6.02. The molecular weight excluding hydrogens is 466 g/mol. The smallest absolute Gasteiger partial charge is 0.309 e. The molecule has 37 heavy (non-hydrogen) atoms. The van der Waals surface area contributed by atoms with Crippen LogP contribution in [-0.2, 0) is 4.79 Å². The summed E-state index contributed by atoms with van der Waals surface area (Å²) in [6.07, 6.45) is 1.72. The second-order valence-electron chi connectivity index (χ2n) is 9.89. The fourth-order valence-electron chi connectivity index (χ4n) is 3.73. The maximum Gasteiger partial charge on any atom is 0.309 e. The first-order valence-corrected chi connectivity index (χ1v) is 12.5. The van der Waals surface area contributed by atoms with Crippen LogP contribution in [0.15, 0.2) is 66.7 Å². The Bertz CT molecular complexity index is 1340. The van der Waals surface area contributed by atoms with E-state index in [1.165, 1.54) is 5.56 Å². The van der Waals surface area contributed by atoms with Crippen molar-refractivity contribution in [3.8, 4) is 0 Å². The van der Waals surface area contributed by atoms with Crippen molar-refractivity contribution in [2.75, 3.05) is 5.32 Å². The molecule has 1 unspecified atom stereocenters. The SMILES string of the molecule is CCC(C)(C)C(=O)O.CCC(C)c1ccc(C(=O)Nc2ccc3c(c2)C(=O)c2ccccc2C3=O)cc1. The minimum Gasteiger partial charge on any atom is -0.481 e. The van der Waals surface area contributed by atoms with E-state index in [0.717, 1.165) is 6.42 Å². The summed E-state index contributed by atoms with van der Waals surface area (Å²) in [6.45, 7) is 9.59. The van der Waals surface area contributed by atoms with Gasteiger partial charge in [-0.1, -0.05) is 57.2 Å². The molecule has 0 aliphatic heterocycles. The van der Waals surface area contributed by atoms with Gasteiger partial charge in [-0.05, 0) is 68.5 Å². The van der Waals surface area contributed by atoms with Gasteiger partial charge in [0.05, 0.1) is 5.41 Å². The lowest BCUT2D eigenvalue weighted by Gasteiger charge is -2.18. The van der Waals surface area contributed by atoms with Crippen LogP contribution >= 0.6 is 0 Å². The molecule has 192 valence electrons. The van der Waals surface area contributed by atoms with Crippen molar-refractivity contribution < 1.29 is 24.3 Å². The van der Waals surface area contributed by atoms with Gasteiger partial charge >= 0.3 is 5.97 Å². The normalized spacial score (nSPS) is 13.0. The highest BCUT2D eigenvalue weighted by molar-refractivity contribution is 6.28. The minimum absolute atomic E-state index is 0.172. The number of aliphatic carboxylic acids is 1. The van der Waals surface area contributed by atoms with Gasteiger partial charge in [-0.25, -0.2) is 0 Å². The fraction of sp³-hybridized carbons (Fsp3) is 0.290. The Morgan fingerprint density at radius 3 is 1.86 bits per heavy atom. The average molecular weight is 500 g/mol. The average Bonchev–Trinajstić information content (AvgIpc) is 2.91. The number of benzene rings is 3. The van der Waals surface area contributed by atoms with Gasteiger partial charge in [0.15, 0.2) is 11.6 Å². The van der Waals surface area contributed by atoms with E-state index in [4.69, 9.17) is 5.11 Å². The zero-order chi connectivity index (χ0) is 27.3. The van der Waals surface area contributed by atoms with Crippen molar-refractivity contribution in [1.82, 2.24) is 0 Å². The Hall–Kier alpha value is -4.06. The number of ketones is 2. The van der Waals surface area contributed by atoms with Crippen molar-refractivity contribution in [2.24, 2.45) is 5.41 Å². The van der Waals surface area contributed by atoms with Crippen molar-refractivity contribution in [3.63, 3.8) is 0 Å². The van der Waals surface area contributed by atoms with Crippen molar-refractivity contribution in [1.29, 1.82) is 0 Å². The van der Waals surface area contributed by atoms with Crippen LogP contribution in [0.1, 0.15) is 101 Å². The number of fused-ring (bicyclic) bond motifs is 2. The minimum atomic E-state index is -0.722. The standard InChI is InChI=1S/C25H21NO3.C6H12O2/c1-3-15(2)16-8-10-17(11-9-16)25(29)26-18-12-13-21-22(14-18)24(28)20-7-5-4-6-19(20)23(21)27;1-4-6(2,3)5(7)8/h4-15H,3H2,1-2H3,(H,26,29);4H2,1-3H3,(H,7,8). The van der Waals surface area contributed by atoms with Gasteiger partial charge in [0, 0.05) is 33.5 Å². The zero-order valence-electron chi connectivity index (χ0n) is 21.9. The number of carboxylic acids is 1. The Morgan fingerprint density at radius 2 is 1.38 bits per heavy atom. The van der Waals surface area contributed by atoms with Crippen LogP contribution < -0.4 is 5.32 Å². The molecule has 4 rings (SSSR count). The van der Waals surface area contributed by atoms with Crippen LogP contribution in [0.3, 0.4) is 0 Å². The number of nitrogens with one attached hydrogen (secondary N) is 1. The van der Waals surface area contributed by atoms with E-state index in [-0.39, 0.29) is 17.5 Å². The number of carbonyl (C=O) groups excluding carboxylic acids is 3. The summed E-state index contributed by atoms with van der Waals surface area (Å²) in [4.78, 5) is 48.4. The van der Waals surface area contributed by atoms with Crippen LogP contribution in [0.5, 0.6) is 0 Å². The molecule has 0 radical (unpaired) electrons. The molecule has 1 amide bonds. The molecule has 0 bridgehead atoms. The molecule has 0 fully saturated rings. The summed E-state index contributed by atoms with van der Waals surface area (Å²) in [6, 6.07) is 19.2. The number of rotatable bonds is 6. The lowest BCUT2D eigenvalue weighted by molar-refractivity contribution is -0.147. The van der Waals surface area contributed by atoms with E-state index in [0.29, 0.717) is 45.8 Å². The Kier molecular flexibility index (Phi) is 8.43. The van der Waals surface area contributed by atoms with Crippen molar-refractivity contribution >= 4 is 29.1 Å². The third-order valence-electron chi connectivity index (χ3n) is 7.00. The molecule has 2 N–H and O–H groups in total. The van der Waals surface area contributed by atoms with Gasteiger partial charge < -0.3 is 10.4 Å². The summed E-state index contributed by atoms with van der Waals surface area (Å²) in [5.41, 5.74) is 3.18. The molecule has 0 heterocycles. The highest BCUT2D eigenvalue weighted by Gasteiger charge is 2.29. The highest BCUT2D eigenvalue weighted by Crippen LogP contribution is 2.29. The van der Waals surface area contributed by atoms with Gasteiger partial charge in [0.2, 0.25) is 0 Å². The van der Waals surface area contributed by atoms with Crippen molar-refractivity contribution in [2.45, 2.75) is 53.4 Å². The molecule has 0 aromatic heterocycles. The first-order valence-electron chi connectivity index (χ1n) is 12.5. The number of anilines is 1. The van der Waals surface area contributed by atoms with Crippen LogP contribution in [0.2, 0.25) is 0 Å². The first kappa shape index (κ1) is 27.5. The zero-order valence-corrected chi connectivity index (χ0v) is 21.9. The Labute approximate surface area is 217 Å². The summed E-state index contributed by atoms with van der Waals surface area (Å²) in [5.74, 6) is -0.910. The predicted molar refractivity (Wildman–Crippen MR) is 145 cm³/mol. The second-order valence-corrected chi connectivity index (χ2v) is 9.89. The lowest BCUT2D eigenvalue weighted by atomic mass is 9.84. The summed E-state index contributed by atoms with van der Waals surface area (Å²) in [5, 5.41) is 11.3. The van der Waals surface area contributed by atoms with E-state index in [2.05, 4.69) is 19.2 Å². The molecule has 6 heteroatoms. The molecule has 3 aromatic rings. The molecule has 0 saturated heterocycles. The fourth-order valence-corrected chi connectivity index (χ4v) is 3.73. The van der Waals surface area contributed by atoms with Crippen molar-refractivity contribution in [3.05, 3.63) is 100 Å². The molecule has 6 nitrogen and oxygen atoms in total. The summed E-state index contributed by atoms with van der Waals surface area (Å²) in [7, 11) is 0. The van der Waals surface area contributed by atoms with E-state index in [1.54, 1.807) is 68.4 Å². The van der Waals surface area contributed by atoms with E-state index in [1.807, 2.05) is 19.1 Å². The molecule has 1 atom stereocenters. The summed E-state index contributed by atoms with van der Waals surface area (Å²) < 4.78 is 0. The van der Waals surface area contributed by atoms with Crippen LogP contribution in [0, 0.1) is 5.41 Å². The molecule has 1 aliphatic carbocycles.